The van der Waals surface area contributed by atoms with Crippen LogP contribution in [0.4, 0.5) is 0 Å². The molecule has 1 aromatic carbocycles. The molecule has 1 unspecified atom stereocenters. The maximum absolute atomic E-state index is 10.6. The Morgan fingerprint density at radius 3 is 2.16 bits per heavy atom. The highest BCUT2D eigenvalue weighted by Crippen LogP contribution is 2.30. The maximum Gasteiger partial charge on any atom is 0.119 e. The number of hydrogen-bond acceptors (Lipinski definition) is 3. The fourth-order valence-corrected chi connectivity index (χ4v) is 4.62. The highest BCUT2D eigenvalue weighted by Gasteiger charge is 2.30. The van der Waals surface area contributed by atoms with Gasteiger partial charge in [0.2, 0.25) is 0 Å². The van der Waals surface area contributed by atoms with Crippen molar-refractivity contribution in [3.8, 4) is 5.75 Å². The van der Waals surface area contributed by atoms with Gasteiger partial charge in [-0.1, -0.05) is 50.7 Å². The van der Waals surface area contributed by atoms with Gasteiger partial charge in [0, 0.05) is 18.6 Å². The lowest BCUT2D eigenvalue weighted by Crippen LogP contribution is -2.49. The Bertz CT molecular complexity index is 489. The zero-order valence-electron chi connectivity index (χ0n) is 15.8. The molecular weight excluding hydrogens is 310 g/mol. The summed E-state index contributed by atoms with van der Waals surface area (Å²) in [5, 5.41) is 10.6. The molecule has 25 heavy (non-hydrogen) atoms. The molecule has 0 amide bonds. The van der Waals surface area contributed by atoms with Crippen molar-refractivity contribution in [1.82, 2.24) is 4.90 Å². The van der Waals surface area contributed by atoms with Gasteiger partial charge in [0.05, 0.1) is 0 Å². The minimum Gasteiger partial charge on any atom is -0.491 e. The van der Waals surface area contributed by atoms with Gasteiger partial charge < -0.3 is 9.84 Å². The number of hydrogen-bond donors (Lipinski definition) is 1. The Kier molecular flexibility index (Phi) is 7.18. The van der Waals surface area contributed by atoms with E-state index in [1.165, 1.54) is 69.8 Å². The van der Waals surface area contributed by atoms with E-state index in [4.69, 9.17) is 4.74 Å². The van der Waals surface area contributed by atoms with Crippen LogP contribution in [0, 0.1) is 6.92 Å². The number of nitrogens with zero attached hydrogens (tertiary/aromatic N) is 1. The van der Waals surface area contributed by atoms with Crippen molar-refractivity contribution in [2.75, 3.05) is 13.2 Å². The second-order valence-electron chi connectivity index (χ2n) is 8.06. The molecule has 2 aliphatic carbocycles. The van der Waals surface area contributed by atoms with Gasteiger partial charge in [-0.25, -0.2) is 0 Å². The van der Waals surface area contributed by atoms with Crippen LogP contribution < -0.4 is 4.74 Å². The monoisotopic (exact) mass is 345 g/mol. The average molecular weight is 346 g/mol. The Balaban J connectivity index is 1.56. The average Bonchev–Trinajstić information content (AvgIpc) is 2.66. The molecule has 0 aromatic heterocycles. The smallest absolute Gasteiger partial charge is 0.119 e. The van der Waals surface area contributed by atoms with Crippen LogP contribution in [0.25, 0.3) is 0 Å². The molecule has 0 heterocycles. The summed E-state index contributed by atoms with van der Waals surface area (Å²) in [5.41, 5.74) is 1.19. The normalized spacial score (nSPS) is 21.4. The molecule has 1 atom stereocenters. The maximum atomic E-state index is 10.6. The number of benzene rings is 1. The summed E-state index contributed by atoms with van der Waals surface area (Å²) in [5.74, 6) is 0.862. The Morgan fingerprint density at radius 2 is 1.60 bits per heavy atom. The number of aliphatic hydroxyl groups excluding tert-OH is 1. The van der Waals surface area contributed by atoms with E-state index in [0.717, 1.165) is 12.3 Å². The van der Waals surface area contributed by atoms with Crippen molar-refractivity contribution in [2.45, 2.75) is 89.3 Å². The van der Waals surface area contributed by atoms with Crippen molar-refractivity contribution < 1.29 is 9.84 Å². The van der Waals surface area contributed by atoms with Crippen molar-refractivity contribution in [3.63, 3.8) is 0 Å². The van der Waals surface area contributed by atoms with Gasteiger partial charge in [0.15, 0.2) is 0 Å². The summed E-state index contributed by atoms with van der Waals surface area (Å²) in [6.45, 7) is 3.22. The Labute approximate surface area is 153 Å². The predicted molar refractivity (Wildman–Crippen MR) is 103 cm³/mol. The number of ether oxygens (including phenoxy) is 1. The summed E-state index contributed by atoms with van der Waals surface area (Å²) < 4.78 is 5.85. The van der Waals surface area contributed by atoms with Crippen LogP contribution in [0.3, 0.4) is 0 Å². The lowest BCUT2D eigenvalue weighted by Gasteiger charge is -2.42. The van der Waals surface area contributed by atoms with Crippen LogP contribution in [0.15, 0.2) is 24.3 Å². The van der Waals surface area contributed by atoms with Crippen molar-refractivity contribution in [1.29, 1.82) is 0 Å². The van der Waals surface area contributed by atoms with Gasteiger partial charge in [0.25, 0.3) is 0 Å². The first-order valence-electron chi connectivity index (χ1n) is 10.4. The lowest BCUT2D eigenvalue weighted by molar-refractivity contribution is 0.0117. The highest BCUT2D eigenvalue weighted by atomic mass is 16.5. The van der Waals surface area contributed by atoms with Gasteiger partial charge in [0.1, 0.15) is 18.5 Å². The molecule has 0 saturated heterocycles. The third-order valence-electron chi connectivity index (χ3n) is 5.94. The zero-order valence-corrected chi connectivity index (χ0v) is 15.8. The topological polar surface area (TPSA) is 32.7 Å². The first-order chi connectivity index (χ1) is 12.2. The third-order valence-corrected chi connectivity index (χ3v) is 5.94. The van der Waals surface area contributed by atoms with E-state index in [0.29, 0.717) is 18.7 Å². The minimum atomic E-state index is -0.413. The molecule has 0 bridgehead atoms. The van der Waals surface area contributed by atoms with Crippen LogP contribution >= 0.6 is 0 Å². The van der Waals surface area contributed by atoms with Gasteiger partial charge in [-0.2, -0.15) is 0 Å². The number of rotatable bonds is 7. The van der Waals surface area contributed by atoms with E-state index in [1.54, 1.807) is 0 Å². The van der Waals surface area contributed by atoms with Gasteiger partial charge in [-0.3, -0.25) is 4.90 Å². The molecule has 3 heteroatoms. The molecule has 3 rings (SSSR count). The summed E-state index contributed by atoms with van der Waals surface area (Å²) >= 11 is 0. The van der Waals surface area contributed by atoms with Crippen molar-refractivity contribution in [2.24, 2.45) is 0 Å². The standard InChI is InChI=1S/C22H35NO2/c1-18-9-8-14-22(15-18)25-17-21(24)16-23(19-10-4-2-5-11-19)20-12-6-3-7-13-20/h8-9,14-15,19-21,24H,2-7,10-13,16-17H2,1H3. The van der Waals surface area contributed by atoms with E-state index in [-0.39, 0.29) is 0 Å². The molecule has 2 fully saturated rings. The third kappa shape index (κ3) is 5.72. The molecule has 2 aliphatic rings. The molecule has 0 radical (unpaired) electrons. The van der Waals surface area contributed by atoms with E-state index in [9.17, 15) is 5.11 Å². The fraction of sp³-hybridized carbons (Fsp3) is 0.727. The predicted octanol–water partition coefficient (Wildman–Crippen LogP) is 4.70. The molecule has 1 aromatic rings. The van der Waals surface area contributed by atoms with E-state index in [1.807, 2.05) is 18.2 Å². The molecule has 3 nitrogen and oxygen atoms in total. The summed E-state index contributed by atoms with van der Waals surface area (Å²) in [6, 6.07) is 9.42. The van der Waals surface area contributed by atoms with Crippen LogP contribution in [-0.4, -0.2) is 41.3 Å². The van der Waals surface area contributed by atoms with Crippen LogP contribution in [0.1, 0.15) is 69.8 Å². The highest BCUT2D eigenvalue weighted by molar-refractivity contribution is 5.27. The minimum absolute atomic E-state index is 0.388. The second kappa shape index (κ2) is 9.59. The SMILES string of the molecule is Cc1cccc(OCC(O)CN(C2CCCCC2)C2CCCCC2)c1. The van der Waals surface area contributed by atoms with Crippen LogP contribution in [-0.2, 0) is 0 Å². The van der Waals surface area contributed by atoms with Crippen LogP contribution in [0.5, 0.6) is 5.75 Å². The zero-order chi connectivity index (χ0) is 17.5. The molecule has 1 N–H and O–H groups in total. The summed E-state index contributed by atoms with van der Waals surface area (Å²) in [7, 11) is 0. The van der Waals surface area contributed by atoms with E-state index in [2.05, 4.69) is 17.9 Å². The van der Waals surface area contributed by atoms with Gasteiger partial charge >= 0.3 is 0 Å². The van der Waals surface area contributed by atoms with E-state index < -0.39 is 6.10 Å². The summed E-state index contributed by atoms with van der Waals surface area (Å²) in [6.07, 6.45) is 13.0. The number of aryl methyl sites for hydroxylation is 1. The molecule has 0 aliphatic heterocycles. The first kappa shape index (κ1) is 18.7. The largest absolute Gasteiger partial charge is 0.491 e. The van der Waals surface area contributed by atoms with Crippen LogP contribution in [0.2, 0.25) is 0 Å². The number of aliphatic hydroxyl groups is 1. The molecule has 2 saturated carbocycles. The molecular formula is C22H35NO2. The first-order valence-corrected chi connectivity index (χ1v) is 10.4. The molecule has 0 spiro atoms. The fourth-order valence-electron chi connectivity index (χ4n) is 4.62. The Morgan fingerprint density at radius 1 is 1.00 bits per heavy atom. The van der Waals surface area contributed by atoms with Gasteiger partial charge in [-0.05, 0) is 50.3 Å². The van der Waals surface area contributed by atoms with E-state index >= 15 is 0 Å². The lowest BCUT2D eigenvalue weighted by atomic mass is 9.88. The van der Waals surface area contributed by atoms with Crippen molar-refractivity contribution >= 4 is 0 Å². The summed E-state index contributed by atoms with van der Waals surface area (Å²) in [4.78, 5) is 2.66. The van der Waals surface area contributed by atoms with Gasteiger partial charge in [-0.15, -0.1) is 0 Å². The quantitative estimate of drug-likeness (QED) is 0.777. The molecule has 140 valence electrons. The van der Waals surface area contributed by atoms with Crippen molar-refractivity contribution in [3.05, 3.63) is 29.8 Å². The Hall–Kier alpha value is -1.06. The second-order valence-corrected chi connectivity index (χ2v) is 8.06.